The Labute approximate surface area is 699 Å². The first-order chi connectivity index (χ1) is 57.0. The molecule has 50 nitrogen and oxygen atoms in total. The maximum absolute atomic E-state index is 14.4. The van der Waals surface area contributed by atoms with Crippen molar-refractivity contribution >= 4 is 131 Å². The molecular weight excluding hydrogens is 1620 g/mol. The van der Waals surface area contributed by atoms with Crippen LogP contribution in [0.5, 0.6) is 5.75 Å². The normalized spacial score (nSPS) is 15.4. The highest BCUT2D eigenvalue weighted by Crippen LogP contribution is 2.17. The van der Waals surface area contributed by atoms with Gasteiger partial charge in [0.05, 0.1) is 76.3 Å². The number of aliphatic hydroxyl groups is 4. The van der Waals surface area contributed by atoms with E-state index >= 15 is 0 Å². The monoisotopic (exact) mass is 1740 g/mol. The van der Waals surface area contributed by atoms with Crippen LogP contribution in [0.15, 0.2) is 29.3 Å². The molecule has 18 amide bonds. The molecule has 0 heterocycles. The number of hydrogen-bond acceptors (Lipinski definition) is 28. The predicted molar refractivity (Wildman–Crippen MR) is 423 cm³/mol. The number of primary amides is 3. The molecule has 1 aromatic rings. The summed E-state index contributed by atoms with van der Waals surface area (Å²) in [6.45, 7) is 7.18. The van der Waals surface area contributed by atoms with Crippen LogP contribution in [0.1, 0.15) is 132 Å². The van der Waals surface area contributed by atoms with Gasteiger partial charge in [-0.05, 0) is 75.0 Å². The van der Waals surface area contributed by atoms with Gasteiger partial charge in [0, 0.05) is 19.4 Å². The number of guanidine groups is 1. The molecule has 50 heteroatoms. The van der Waals surface area contributed by atoms with E-state index in [0.717, 1.165) is 13.8 Å². The number of phenolic OH excluding ortho intramolecular Hbond substituents is 1. The topological polar surface area (TPSA) is 849 Å². The number of carbonyl (C=O) groups is 21. The average molecular weight is 1740 g/mol. The Morgan fingerprint density at radius 1 is 0.418 bits per heavy atom. The van der Waals surface area contributed by atoms with Crippen molar-refractivity contribution in [1.29, 1.82) is 0 Å². The number of carboxylic acids is 2. The zero-order valence-corrected chi connectivity index (χ0v) is 68.5. The second kappa shape index (κ2) is 54.4. The molecule has 0 aliphatic heterocycles. The van der Waals surface area contributed by atoms with Gasteiger partial charge in [-0.15, -0.1) is 0 Å². The molecular formula is C72H116N22O28. The molecule has 1 aromatic carbocycles. The number of rotatable bonds is 58. The molecule has 0 saturated heterocycles. The number of nitrogens with one attached hydrogen (secondary N) is 15. The van der Waals surface area contributed by atoms with Gasteiger partial charge in [0.2, 0.25) is 106 Å². The summed E-state index contributed by atoms with van der Waals surface area (Å²) in [5.41, 5.74) is 32.4. The number of carboxylic acid groups (broad SMARTS) is 2. The third-order valence-electron chi connectivity index (χ3n) is 18.2. The average Bonchev–Trinajstić information content (AvgIpc) is 0.838. The van der Waals surface area contributed by atoms with Crippen molar-refractivity contribution in [3.63, 3.8) is 0 Å². The van der Waals surface area contributed by atoms with Gasteiger partial charge >= 0.3 is 11.9 Å². The van der Waals surface area contributed by atoms with Crippen LogP contribution in [0.2, 0.25) is 0 Å². The van der Waals surface area contributed by atoms with E-state index in [2.05, 4.69) is 52.8 Å². The van der Waals surface area contributed by atoms with Crippen LogP contribution in [-0.2, 0) is 107 Å². The second-order valence-corrected chi connectivity index (χ2v) is 29.0. The number of amides is 18. The molecule has 0 spiro atoms. The number of aldehydes is 1. The maximum atomic E-state index is 14.4. The minimum absolute atomic E-state index is 0.0330. The van der Waals surface area contributed by atoms with Crippen molar-refractivity contribution in [3.05, 3.63) is 29.8 Å². The van der Waals surface area contributed by atoms with Gasteiger partial charge in [-0.1, -0.05) is 66.5 Å². The van der Waals surface area contributed by atoms with Gasteiger partial charge in [-0.3, -0.25) is 101 Å². The minimum atomic E-state index is -2.19. The molecule has 18 atom stereocenters. The second-order valence-electron chi connectivity index (χ2n) is 29.0. The quantitative estimate of drug-likeness (QED) is 0.0125. The molecule has 122 heavy (non-hydrogen) atoms. The van der Waals surface area contributed by atoms with E-state index in [1.54, 1.807) is 27.7 Å². The summed E-state index contributed by atoms with van der Waals surface area (Å²) in [4.78, 5) is 281. The highest BCUT2D eigenvalue weighted by Gasteiger charge is 2.40. The Morgan fingerprint density at radius 3 is 1.24 bits per heavy atom. The lowest BCUT2D eigenvalue weighted by molar-refractivity contribution is -0.142. The largest absolute Gasteiger partial charge is 0.508 e. The van der Waals surface area contributed by atoms with Crippen LogP contribution in [0.3, 0.4) is 0 Å². The molecule has 0 aliphatic rings. The highest BCUT2D eigenvalue weighted by molar-refractivity contribution is 6.02. The van der Waals surface area contributed by atoms with Crippen molar-refractivity contribution in [2.75, 3.05) is 32.8 Å². The smallest absolute Gasteiger partial charge is 0.305 e. The molecule has 1 rings (SSSR count). The molecule has 0 aliphatic carbocycles. The summed E-state index contributed by atoms with van der Waals surface area (Å²) in [7, 11) is 0. The summed E-state index contributed by atoms with van der Waals surface area (Å²) in [6, 6.07) is -19.9. The molecule has 0 saturated carbocycles. The van der Waals surface area contributed by atoms with Crippen LogP contribution in [0.4, 0.5) is 0 Å². The van der Waals surface area contributed by atoms with Crippen molar-refractivity contribution in [1.82, 2.24) is 79.8 Å². The number of aliphatic imine (C=N–C) groups is 1. The van der Waals surface area contributed by atoms with Gasteiger partial charge in [0.15, 0.2) is 5.96 Å². The van der Waals surface area contributed by atoms with Gasteiger partial charge in [0.1, 0.15) is 84.5 Å². The predicted octanol–water partition coefficient (Wildman–Crippen LogP) is -13.1. The van der Waals surface area contributed by atoms with Gasteiger partial charge in [-0.25, -0.2) is 0 Å². The van der Waals surface area contributed by atoms with Gasteiger partial charge < -0.3 is 155 Å². The fourth-order valence-electron chi connectivity index (χ4n) is 11.1. The van der Waals surface area contributed by atoms with Crippen LogP contribution in [-0.4, -0.2) is 296 Å². The number of phenols is 1. The van der Waals surface area contributed by atoms with E-state index < -0.39 is 304 Å². The number of aliphatic hydroxyl groups excluding tert-OH is 4. The summed E-state index contributed by atoms with van der Waals surface area (Å²) in [5.74, 6) is -27.3. The van der Waals surface area contributed by atoms with E-state index in [1.807, 2.05) is 31.9 Å². The summed E-state index contributed by atoms with van der Waals surface area (Å²) >= 11 is 0. The first kappa shape index (κ1) is 107. The number of benzene rings is 1. The molecule has 0 radical (unpaired) electrons. The zero-order chi connectivity index (χ0) is 93.1. The number of aliphatic carboxylic acids is 2. The lowest BCUT2D eigenvalue weighted by atomic mass is 9.96. The summed E-state index contributed by atoms with van der Waals surface area (Å²) < 4.78 is 0. The Kier molecular flexibility index (Phi) is 47.7. The number of carbonyl (C=O) groups excluding carboxylic acids is 19. The summed E-state index contributed by atoms with van der Waals surface area (Å²) in [6.07, 6.45) is -8.44. The third kappa shape index (κ3) is 40.3. The Hall–Kier alpha value is -12.8. The fraction of sp³-hybridized carbons (Fsp3) is 0.611. The van der Waals surface area contributed by atoms with Crippen LogP contribution in [0, 0.1) is 17.8 Å². The molecule has 0 unspecified atom stereocenters. The lowest BCUT2D eigenvalue weighted by Crippen LogP contribution is -2.62. The first-order valence-electron chi connectivity index (χ1n) is 38.4. The van der Waals surface area contributed by atoms with Crippen molar-refractivity contribution < 1.29 is 136 Å². The van der Waals surface area contributed by atoms with E-state index in [0.29, 0.717) is 6.29 Å². The van der Waals surface area contributed by atoms with Crippen molar-refractivity contribution in [2.45, 2.75) is 229 Å². The molecule has 682 valence electrons. The highest BCUT2D eigenvalue weighted by atomic mass is 16.4. The SMILES string of the molecule is CC[C@H](C)[C@H](NC(=O)CNC(=O)[C@H](Cc1ccc(O)cc1)NC(=O)[C@H](CC(=O)O)NC(=O)[C@@H](NC(=O)[C@H](CO)NC(=O)CNC(=O)[C@H](CC(=O)O)NC(=O)[C@@H](NC(=O)[C@@H](N)CC(N)=O)[C@@H](C)O)[C@@H](C)O)C(=O)N[C@@H](CC(C)C)C(=O)N[C@@H](CCC(N)=O)C(=O)N[C@H](C(=O)N[C@@H](CC(N)=O)C(=O)N[C@@H](CO)C(=O)N[C@H](C=O)CCCN=C(N)N)[C@@H](C)CC. The van der Waals surface area contributed by atoms with Gasteiger partial charge in [-0.2, -0.15) is 0 Å². The standard InChI is InChI=1S/C72H116N22O28/c1-9-32(5)55(68(119)86-41(20-31(3)4)63(114)84-40(17-18-48(74)101)62(113)92-56(33(6)10-2)69(120)87-43(23-50(76)103)64(115)90-47(30-97)66(117)82-37(28-95)12-11-19-79-72(77)78)91-52(105)27-81-60(111)42(21-36-13-15-38(100)16-14-36)85-65(116)45(25-54(108)109)89-71(122)58(35(8)99)94-67(118)46(29-96)83-51(104)26-80-61(112)44(24-53(106)107)88-70(121)57(34(7)98)93-59(110)39(73)22-49(75)102/h13-16,28,31-35,37,39-47,55-58,96-100H,9-12,17-27,29-30,73H2,1-8H3,(H2,74,101)(H2,75,102)(H2,76,103)(H,80,112)(H,81,111)(H,82,117)(H,83,104)(H,84,114)(H,85,116)(H,86,119)(H,87,120)(H,88,121)(H,89,122)(H,90,115)(H,91,105)(H,92,113)(H,93,110)(H,94,118)(H,106,107)(H,108,109)(H4,77,78,79)/t32-,33-,34+,35+,37-,39-,40-,41-,42-,43-,44-,45-,46-,47-,55-,56-,57-,58-/m0/s1. The van der Waals surface area contributed by atoms with E-state index in [1.165, 1.54) is 38.1 Å². The Bertz CT molecular complexity index is 3870. The molecule has 34 N–H and O–H groups in total. The fourth-order valence-corrected chi connectivity index (χ4v) is 11.1. The van der Waals surface area contributed by atoms with E-state index in [4.69, 9.17) is 34.4 Å². The number of nitrogens with zero attached hydrogens (tertiary/aromatic N) is 1. The lowest BCUT2D eigenvalue weighted by Gasteiger charge is -2.30. The number of nitrogens with two attached hydrogens (primary N) is 6. The number of hydrogen-bond donors (Lipinski definition) is 28. The zero-order valence-electron chi connectivity index (χ0n) is 68.5. The van der Waals surface area contributed by atoms with E-state index in [9.17, 15) is 136 Å². The van der Waals surface area contributed by atoms with Crippen LogP contribution >= 0.6 is 0 Å². The number of aromatic hydroxyl groups is 1. The van der Waals surface area contributed by atoms with Crippen LogP contribution < -0.4 is 114 Å². The van der Waals surface area contributed by atoms with Gasteiger partial charge in [0.25, 0.3) is 0 Å². The maximum Gasteiger partial charge on any atom is 0.305 e. The molecule has 0 aromatic heterocycles. The molecule has 0 fully saturated rings. The minimum Gasteiger partial charge on any atom is -0.508 e. The Morgan fingerprint density at radius 2 is 0.795 bits per heavy atom. The first-order valence-corrected chi connectivity index (χ1v) is 38.4. The van der Waals surface area contributed by atoms with Crippen LogP contribution in [0.25, 0.3) is 0 Å². The van der Waals surface area contributed by atoms with E-state index in [-0.39, 0.29) is 55.9 Å². The molecule has 0 bridgehead atoms. The van der Waals surface area contributed by atoms with Crippen molar-refractivity contribution in [2.24, 2.45) is 57.1 Å². The van der Waals surface area contributed by atoms with Crippen molar-refractivity contribution in [3.8, 4) is 5.75 Å². The third-order valence-corrected chi connectivity index (χ3v) is 18.2. The Balaban J connectivity index is 3.51. The summed E-state index contributed by atoms with van der Waals surface area (Å²) in [5, 5.41) is 104.